The summed E-state index contributed by atoms with van der Waals surface area (Å²) in [6, 6.07) is 7.96. The molecule has 0 spiro atoms. The van der Waals surface area contributed by atoms with Crippen LogP contribution in [0.25, 0.3) is 0 Å². The van der Waals surface area contributed by atoms with Gasteiger partial charge in [-0.3, -0.25) is 4.79 Å². The number of alkyl halides is 1. The lowest BCUT2D eigenvalue weighted by atomic mass is 9.94. The van der Waals surface area contributed by atoms with Crippen LogP contribution < -0.4 is 0 Å². The smallest absolute Gasteiger partial charge is 0.417 e. The molecule has 0 aromatic heterocycles. The van der Waals surface area contributed by atoms with Crippen molar-refractivity contribution in [3.63, 3.8) is 0 Å². The first-order valence-electron chi connectivity index (χ1n) is 8.37. The van der Waals surface area contributed by atoms with Gasteiger partial charge in [0.15, 0.2) is 5.79 Å². The van der Waals surface area contributed by atoms with Crippen LogP contribution in [0.1, 0.15) is 32.4 Å². The van der Waals surface area contributed by atoms with E-state index in [2.05, 4.69) is 0 Å². The SMILES string of the molecule is CC1(C)OC[C@H]([C@@H](O)[C@@](C)(F)C(=O)N2C(=O)OC[C@H]2c2ccccc2)O1. The Morgan fingerprint density at radius 3 is 2.58 bits per heavy atom. The summed E-state index contributed by atoms with van der Waals surface area (Å²) in [7, 11) is 0. The minimum absolute atomic E-state index is 0.0620. The summed E-state index contributed by atoms with van der Waals surface area (Å²) in [5.41, 5.74) is -2.12. The number of cyclic esters (lactones) is 1. The van der Waals surface area contributed by atoms with Gasteiger partial charge in [0.25, 0.3) is 5.91 Å². The quantitative estimate of drug-likeness (QED) is 0.876. The molecule has 0 bridgehead atoms. The lowest BCUT2D eigenvalue weighted by molar-refractivity contribution is -0.174. The van der Waals surface area contributed by atoms with E-state index < -0.39 is 41.7 Å². The Morgan fingerprint density at radius 2 is 2.00 bits per heavy atom. The van der Waals surface area contributed by atoms with Crippen LogP contribution in [0.3, 0.4) is 0 Å². The number of hydrogen-bond donors (Lipinski definition) is 1. The molecule has 2 fully saturated rings. The molecule has 0 unspecified atom stereocenters. The number of halogens is 1. The maximum atomic E-state index is 15.3. The van der Waals surface area contributed by atoms with E-state index in [0.717, 1.165) is 11.8 Å². The summed E-state index contributed by atoms with van der Waals surface area (Å²) in [6.07, 6.45) is -3.77. The van der Waals surface area contributed by atoms with Crippen molar-refractivity contribution in [2.24, 2.45) is 0 Å². The fourth-order valence-corrected chi connectivity index (χ4v) is 3.15. The van der Waals surface area contributed by atoms with Crippen molar-refractivity contribution >= 4 is 12.0 Å². The fraction of sp³-hybridized carbons (Fsp3) is 0.556. The predicted octanol–water partition coefficient (Wildman–Crippen LogP) is 1.95. The zero-order valence-corrected chi connectivity index (χ0v) is 14.8. The molecule has 2 aliphatic rings. The summed E-state index contributed by atoms with van der Waals surface area (Å²) < 4.78 is 31.0. The second-order valence-corrected chi connectivity index (χ2v) is 7.07. The molecule has 0 radical (unpaired) electrons. The molecule has 0 aliphatic carbocycles. The van der Waals surface area contributed by atoms with E-state index in [0.29, 0.717) is 5.56 Å². The number of hydrogen-bond acceptors (Lipinski definition) is 6. The van der Waals surface area contributed by atoms with E-state index in [4.69, 9.17) is 14.2 Å². The summed E-state index contributed by atoms with van der Waals surface area (Å²) in [6.45, 7) is 4.05. The van der Waals surface area contributed by atoms with Crippen LogP contribution in [0.5, 0.6) is 0 Å². The summed E-state index contributed by atoms with van der Waals surface area (Å²) in [5, 5.41) is 10.4. The Hall–Kier alpha value is -2.03. The molecule has 3 rings (SSSR count). The number of ether oxygens (including phenoxy) is 3. The monoisotopic (exact) mass is 367 g/mol. The number of carbonyl (C=O) groups excluding carboxylic acids is 2. The molecule has 2 aliphatic heterocycles. The van der Waals surface area contributed by atoms with Crippen molar-refractivity contribution < 1.29 is 33.3 Å². The predicted molar refractivity (Wildman–Crippen MR) is 87.8 cm³/mol. The highest BCUT2D eigenvalue weighted by molar-refractivity contribution is 5.98. The number of aliphatic hydroxyl groups is 1. The van der Waals surface area contributed by atoms with Gasteiger partial charge in [-0.25, -0.2) is 14.1 Å². The lowest BCUT2D eigenvalue weighted by Gasteiger charge is -2.32. The third-order valence-corrected chi connectivity index (χ3v) is 4.63. The Morgan fingerprint density at radius 1 is 1.35 bits per heavy atom. The maximum absolute atomic E-state index is 15.3. The molecular weight excluding hydrogens is 345 g/mol. The first-order chi connectivity index (χ1) is 12.1. The topological polar surface area (TPSA) is 85.3 Å². The van der Waals surface area contributed by atoms with Gasteiger partial charge < -0.3 is 19.3 Å². The van der Waals surface area contributed by atoms with Gasteiger partial charge in [-0.1, -0.05) is 30.3 Å². The van der Waals surface area contributed by atoms with Gasteiger partial charge in [0.05, 0.1) is 6.61 Å². The van der Waals surface area contributed by atoms with E-state index >= 15 is 4.39 Å². The van der Waals surface area contributed by atoms with Gasteiger partial charge in [-0.2, -0.15) is 0 Å². The highest BCUT2D eigenvalue weighted by Gasteiger charge is 2.54. The highest BCUT2D eigenvalue weighted by atomic mass is 19.1. The van der Waals surface area contributed by atoms with Crippen molar-refractivity contribution in [1.82, 2.24) is 4.90 Å². The van der Waals surface area contributed by atoms with Crippen molar-refractivity contribution in [2.75, 3.05) is 13.2 Å². The molecule has 4 atom stereocenters. The first-order valence-corrected chi connectivity index (χ1v) is 8.37. The minimum atomic E-state index is -2.76. The van der Waals surface area contributed by atoms with Gasteiger partial charge in [0, 0.05) is 0 Å². The van der Waals surface area contributed by atoms with Gasteiger partial charge in [0.2, 0.25) is 5.67 Å². The van der Waals surface area contributed by atoms with Crippen LogP contribution in [0.4, 0.5) is 9.18 Å². The van der Waals surface area contributed by atoms with E-state index in [1.807, 2.05) is 0 Å². The lowest BCUT2D eigenvalue weighted by Crippen LogP contribution is -2.56. The normalized spacial score (nSPS) is 28.5. The summed E-state index contributed by atoms with van der Waals surface area (Å²) in [5.74, 6) is -2.15. The summed E-state index contributed by atoms with van der Waals surface area (Å²) in [4.78, 5) is 25.6. The average Bonchev–Trinajstić information content (AvgIpc) is 3.16. The van der Waals surface area contributed by atoms with Crippen molar-refractivity contribution in [2.45, 2.75) is 50.5 Å². The van der Waals surface area contributed by atoms with Gasteiger partial charge in [-0.05, 0) is 26.3 Å². The number of rotatable bonds is 4. The van der Waals surface area contributed by atoms with Crippen molar-refractivity contribution in [3.05, 3.63) is 35.9 Å². The number of imide groups is 1. The standard InChI is InChI=1S/C18H22FNO6/c1-17(2)25-10-13(26-17)14(21)18(3,19)15(22)20-12(9-24-16(20)23)11-7-5-4-6-8-11/h4-8,12-14,21H,9-10H2,1-3H3/t12-,13+,14+,18+/m0/s1. The third kappa shape index (κ3) is 3.32. The molecule has 26 heavy (non-hydrogen) atoms. The highest BCUT2D eigenvalue weighted by Crippen LogP contribution is 2.35. The van der Waals surface area contributed by atoms with Gasteiger partial charge in [0.1, 0.15) is 24.9 Å². The average molecular weight is 367 g/mol. The van der Waals surface area contributed by atoms with Gasteiger partial charge >= 0.3 is 6.09 Å². The van der Waals surface area contributed by atoms with Crippen LogP contribution in [-0.4, -0.2) is 58.9 Å². The molecule has 1 N–H and O–H groups in total. The molecule has 2 amide bonds. The minimum Gasteiger partial charge on any atom is -0.446 e. The van der Waals surface area contributed by atoms with Crippen LogP contribution in [0.2, 0.25) is 0 Å². The van der Waals surface area contributed by atoms with Crippen LogP contribution in [-0.2, 0) is 19.0 Å². The fourth-order valence-electron chi connectivity index (χ4n) is 3.15. The van der Waals surface area contributed by atoms with Crippen molar-refractivity contribution in [1.29, 1.82) is 0 Å². The number of benzene rings is 1. The second kappa shape index (κ2) is 6.61. The Bertz CT molecular complexity index is 692. The maximum Gasteiger partial charge on any atom is 0.417 e. The molecule has 0 saturated carbocycles. The van der Waals surface area contributed by atoms with E-state index in [1.54, 1.807) is 44.2 Å². The van der Waals surface area contributed by atoms with E-state index in [-0.39, 0.29) is 13.2 Å². The molecule has 142 valence electrons. The number of amides is 2. The van der Waals surface area contributed by atoms with Crippen molar-refractivity contribution in [3.8, 4) is 0 Å². The Labute approximate surface area is 150 Å². The largest absolute Gasteiger partial charge is 0.446 e. The number of aliphatic hydroxyl groups excluding tert-OH is 1. The van der Waals surface area contributed by atoms with E-state index in [1.165, 1.54) is 0 Å². The van der Waals surface area contributed by atoms with E-state index in [9.17, 15) is 14.7 Å². The third-order valence-electron chi connectivity index (χ3n) is 4.63. The van der Waals surface area contributed by atoms with Crippen LogP contribution >= 0.6 is 0 Å². The van der Waals surface area contributed by atoms with Crippen LogP contribution in [0.15, 0.2) is 30.3 Å². The number of nitrogens with zero attached hydrogens (tertiary/aromatic N) is 1. The summed E-state index contributed by atoms with van der Waals surface area (Å²) >= 11 is 0. The van der Waals surface area contributed by atoms with Crippen LogP contribution in [0, 0.1) is 0 Å². The van der Waals surface area contributed by atoms with Gasteiger partial charge in [-0.15, -0.1) is 0 Å². The molecule has 7 nitrogen and oxygen atoms in total. The zero-order chi connectivity index (χ0) is 19.1. The Balaban J connectivity index is 1.82. The molecule has 2 saturated heterocycles. The zero-order valence-electron chi connectivity index (χ0n) is 14.8. The molecule has 1 aromatic carbocycles. The first kappa shape index (κ1) is 18.8. The molecule has 1 aromatic rings. The molecule has 2 heterocycles. The second-order valence-electron chi connectivity index (χ2n) is 7.07. The molecule has 8 heteroatoms. The Kier molecular flexibility index (Phi) is 4.76. The molecular formula is C18H22FNO6. The number of carbonyl (C=O) groups is 2.